The van der Waals surface area contributed by atoms with E-state index in [0.717, 1.165) is 48.1 Å². The SMILES string of the molecule is Cn1cc(-c2cc(S(C)(=N)=O)ccc2O[C@H]2CC[C@H](C)CC2)c2cc[nH]c2c1=O. The monoisotopic (exact) mass is 413 g/mol. The van der Waals surface area contributed by atoms with E-state index in [0.29, 0.717) is 16.2 Å². The third-order valence-corrected chi connectivity index (χ3v) is 7.00. The highest BCUT2D eigenvalue weighted by atomic mass is 32.2. The summed E-state index contributed by atoms with van der Waals surface area (Å²) in [6.07, 6.45) is 9.42. The smallest absolute Gasteiger partial charge is 0.274 e. The summed E-state index contributed by atoms with van der Waals surface area (Å²) < 4.78 is 28.4. The number of fused-ring (bicyclic) bond motifs is 1. The first-order valence-electron chi connectivity index (χ1n) is 9.95. The van der Waals surface area contributed by atoms with Crippen molar-refractivity contribution in [2.45, 2.75) is 43.6 Å². The van der Waals surface area contributed by atoms with Crippen LogP contribution in [0.2, 0.25) is 0 Å². The summed E-state index contributed by atoms with van der Waals surface area (Å²) in [6, 6.07) is 7.19. The first-order valence-corrected chi connectivity index (χ1v) is 11.9. The van der Waals surface area contributed by atoms with Crippen LogP contribution in [0.3, 0.4) is 0 Å². The predicted octanol–water partition coefficient (Wildman–Crippen LogP) is 4.53. The maximum Gasteiger partial charge on any atom is 0.274 e. The minimum atomic E-state index is -2.88. The van der Waals surface area contributed by atoms with Gasteiger partial charge in [0.1, 0.15) is 11.3 Å². The van der Waals surface area contributed by atoms with Crippen molar-refractivity contribution < 1.29 is 8.95 Å². The van der Waals surface area contributed by atoms with Crippen LogP contribution in [-0.4, -0.2) is 26.1 Å². The fraction of sp³-hybridized carbons (Fsp3) is 0.409. The molecule has 0 amide bonds. The van der Waals surface area contributed by atoms with Crippen molar-refractivity contribution in [3.8, 4) is 16.9 Å². The molecule has 2 N–H and O–H groups in total. The second kappa shape index (κ2) is 7.37. The average molecular weight is 414 g/mol. The molecule has 2 aromatic heterocycles. The summed E-state index contributed by atoms with van der Waals surface area (Å²) in [7, 11) is -1.17. The van der Waals surface area contributed by atoms with Crippen LogP contribution in [0.1, 0.15) is 32.6 Å². The topological polar surface area (TPSA) is 87.9 Å². The molecule has 7 heteroatoms. The summed E-state index contributed by atoms with van der Waals surface area (Å²) in [5.41, 5.74) is 2.01. The molecule has 1 fully saturated rings. The van der Waals surface area contributed by atoms with Crippen LogP contribution in [0, 0.1) is 10.7 Å². The predicted molar refractivity (Wildman–Crippen MR) is 116 cm³/mol. The number of hydrogen-bond donors (Lipinski definition) is 2. The summed E-state index contributed by atoms with van der Waals surface area (Å²) in [5, 5.41) is 0.792. The van der Waals surface area contributed by atoms with Gasteiger partial charge in [0.25, 0.3) is 5.56 Å². The van der Waals surface area contributed by atoms with Crippen LogP contribution in [0.15, 0.2) is 46.3 Å². The summed E-state index contributed by atoms with van der Waals surface area (Å²) in [6.45, 7) is 2.27. The molecule has 1 aliphatic carbocycles. The molecule has 1 aliphatic rings. The quantitative estimate of drug-likeness (QED) is 0.659. The van der Waals surface area contributed by atoms with Crippen LogP contribution in [-0.2, 0) is 16.8 Å². The van der Waals surface area contributed by atoms with E-state index >= 15 is 0 Å². The Balaban J connectivity index is 1.87. The molecule has 0 saturated heterocycles. The standard InChI is InChI=1S/C22H27N3O3S/c1-14-4-6-15(7-5-14)28-20-9-8-16(29(3,23)27)12-18(20)19-13-25(2)22(26)21-17(19)10-11-24-21/h8-15,23-24H,4-7H2,1-3H3/t14-,15-,29?. The van der Waals surface area contributed by atoms with Gasteiger partial charge in [-0.1, -0.05) is 6.92 Å². The van der Waals surface area contributed by atoms with Gasteiger partial charge in [0.05, 0.1) is 15.8 Å². The van der Waals surface area contributed by atoms with Gasteiger partial charge in [-0.05, 0) is 55.9 Å². The third kappa shape index (κ3) is 3.83. The van der Waals surface area contributed by atoms with Crippen molar-refractivity contribution in [3.63, 3.8) is 0 Å². The number of ether oxygens (including phenoxy) is 1. The number of hydrogen-bond acceptors (Lipinski definition) is 4. The largest absolute Gasteiger partial charge is 0.490 e. The molecular formula is C22H27N3O3S. The van der Waals surface area contributed by atoms with Crippen LogP contribution < -0.4 is 10.3 Å². The fourth-order valence-corrected chi connectivity index (χ4v) is 4.75. The number of nitrogens with zero attached hydrogens (tertiary/aromatic N) is 1. The summed E-state index contributed by atoms with van der Waals surface area (Å²) in [5.74, 6) is 1.44. The van der Waals surface area contributed by atoms with Crippen LogP contribution in [0.25, 0.3) is 22.0 Å². The van der Waals surface area contributed by atoms with Gasteiger partial charge < -0.3 is 14.3 Å². The number of pyridine rings is 1. The number of aromatic amines is 1. The van der Waals surface area contributed by atoms with Gasteiger partial charge in [-0.2, -0.15) is 0 Å². The lowest BCUT2D eigenvalue weighted by Gasteiger charge is -2.28. The van der Waals surface area contributed by atoms with E-state index in [1.807, 2.05) is 12.1 Å². The zero-order valence-corrected chi connectivity index (χ0v) is 17.8. The van der Waals surface area contributed by atoms with E-state index in [4.69, 9.17) is 9.52 Å². The Morgan fingerprint density at radius 3 is 2.59 bits per heavy atom. The molecule has 0 radical (unpaired) electrons. The van der Waals surface area contributed by atoms with Gasteiger partial charge in [-0.15, -0.1) is 0 Å². The minimum absolute atomic E-state index is 0.103. The molecule has 0 aliphatic heterocycles. The van der Waals surface area contributed by atoms with E-state index < -0.39 is 9.73 Å². The van der Waals surface area contributed by atoms with Crippen LogP contribution in [0.4, 0.5) is 0 Å². The van der Waals surface area contributed by atoms with Crippen LogP contribution >= 0.6 is 0 Å². The zero-order valence-electron chi connectivity index (χ0n) is 17.0. The number of H-pyrrole nitrogens is 1. The Bertz CT molecular complexity index is 1220. The molecule has 0 spiro atoms. The van der Waals surface area contributed by atoms with Crippen molar-refractivity contribution in [3.05, 3.63) is 47.0 Å². The molecule has 4 rings (SSSR count). The molecule has 1 unspecified atom stereocenters. The molecule has 3 aromatic rings. The van der Waals surface area contributed by atoms with E-state index in [1.165, 1.54) is 10.8 Å². The summed E-state index contributed by atoms with van der Waals surface area (Å²) in [4.78, 5) is 15.9. The Hall–Kier alpha value is -2.54. The number of nitrogens with one attached hydrogen (secondary N) is 2. The second-order valence-corrected chi connectivity index (χ2v) is 10.4. The molecule has 154 valence electrons. The normalized spacial score (nSPS) is 21.8. The maximum absolute atomic E-state index is 12.5. The summed E-state index contributed by atoms with van der Waals surface area (Å²) >= 11 is 0. The minimum Gasteiger partial charge on any atom is -0.490 e. The molecule has 1 saturated carbocycles. The van der Waals surface area contributed by atoms with Gasteiger partial charge in [-0.25, -0.2) is 8.99 Å². The molecular weight excluding hydrogens is 386 g/mol. The van der Waals surface area contributed by atoms with Gasteiger partial charge in [0.2, 0.25) is 0 Å². The van der Waals surface area contributed by atoms with Crippen molar-refractivity contribution in [1.29, 1.82) is 4.78 Å². The lowest BCUT2D eigenvalue weighted by molar-refractivity contribution is 0.136. The molecule has 6 nitrogen and oxygen atoms in total. The van der Waals surface area contributed by atoms with Crippen molar-refractivity contribution in [2.75, 3.05) is 6.26 Å². The fourth-order valence-electron chi connectivity index (χ4n) is 4.08. The molecule has 1 aromatic carbocycles. The molecule has 0 bridgehead atoms. The van der Waals surface area contributed by atoms with Crippen molar-refractivity contribution >= 4 is 20.6 Å². The Kier molecular flexibility index (Phi) is 5.02. The average Bonchev–Trinajstić information content (AvgIpc) is 3.16. The van der Waals surface area contributed by atoms with E-state index in [-0.39, 0.29) is 11.7 Å². The first kappa shape index (κ1) is 19.8. The molecule has 2 heterocycles. The molecule has 29 heavy (non-hydrogen) atoms. The molecule has 1 atom stereocenters. The Labute approximate surface area is 170 Å². The van der Waals surface area contributed by atoms with E-state index in [1.54, 1.807) is 31.6 Å². The number of aromatic nitrogens is 2. The highest BCUT2D eigenvalue weighted by Gasteiger charge is 2.22. The first-order chi connectivity index (χ1) is 13.7. The number of aryl methyl sites for hydroxylation is 1. The van der Waals surface area contributed by atoms with Gasteiger partial charge in [0, 0.05) is 47.1 Å². The van der Waals surface area contributed by atoms with Crippen molar-refractivity contribution in [1.82, 2.24) is 9.55 Å². The number of rotatable bonds is 4. The lowest BCUT2D eigenvalue weighted by Crippen LogP contribution is -2.23. The van der Waals surface area contributed by atoms with Crippen molar-refractivity contribution in [2.24, 2.45) is 13.0 Å². The van der Waals surface area contributed by atoms with Gasteiger partial charge in [0.15, 0.2) is 0 Å². The van der Waals surface area contributed by atoms with E-state index in [9.17, 15) is 9.00 Å². The van der Waals surface area contributed by atoms with Gasteiger partial charge in [-0.3, -0.25) is 4.79 Å². The third-order valence-electron chi connectivity index (χ3n) is 5.84. The lowest BCUT2D eigenvalue weighted by atomic mass is 9.89. The second-order valence-electron chi connectivity index (χ2n) is 8.23. The highest BCUT2D eigenvalue weighted by molar-refractivity contribution is 7.91. The highest BCUT2D eigenvalue weighted by Crippen LogP contribution is 2.38. The zero-order chi connectivity index (χ0) is 20.8. The maximum atomic E-state index is 12.5. The van der Waals surface area contributed by atoms with E-state index in [2.05, 4.69) is 11.9 Å². The Morgan fingerprint density at radius 1 is 1.17 bits per heavy atom. The number of benzene rings is 1. The van der Waals surface area contributed by atoms with Crippen LogP contribution in [0.5, 0.6) is 5.75 Å². The van der Waals surface area contributed by atoms with Gasteiger partial charge >= 0.3 is 0 Å². The Morgan fingerprint density at radius 2 is 1.90 bits per heavy atom.